The second-order valence-electron chi connectivity index (χ2n) is 5.21. The zero-order chi connectivity index (χ0) is 16.4. The molecule has 0 radical (unpaired) electrons. The lowest BCUT2D eigenvalue weighted by Gasteiger charge is -2.09. The summed E-state index contributed by atoms with van der Waals surface area (Å²) >= 11 is 7.41. The molecule has 116 valence electrons. The first-order chi connectivity index (χ1) is 11.1. The van der Waals surface area contributed by atoms with E-state index in [1.165, 1.54) is 11.3 Å². The minimum absolute atomic E-state index is 0.0448. The van der Waals surface area contributed by atoms with Gasteiger partial charge in [-0.15, -0.1) is 11.3 Å². The lowest BCUT2D eigenvalue weighted by molar-refractivity contribution is 0.607. The molecule has 6 heteroatoms. The molecule has 0 spiro atoms. The van der Waals surface area contributed by atoms with Crippen LogP contribution >= 0.6 is 22.9 Å². The van der Waals surface area contributed by atoms with E-state index in [2.05, 4.69) is 11.1 Å². The molecule has 1 aromatic carbocycles. The van der Waals surface area contributed by atoms with Gasteiger partial charge in [0.15, 0.2) is 0 Å². The van der Waals surface area contributed by atoms with Crippen LogP contribution in [0, 0.1) is 18.3 Å². The van der Waals surface area contributed by atoms with E-state index in [4.69, 9.17) is 16.9 Å². The number of hydrogen-bond donors (Lipinski definition) is 0. The number of halogens is 1. The summed E-state index contributed by atoms with van der Waals surface area (Å²) in [7, 11) is 0. The molecule has 2 aromatic heterocycles. The second-order valence-corrected chi connectivity index (χ2v) is 6.51. The van der Waals surface area contributed by atoms with E-state index in [-0.39, 0.29) is 5.56 Å². The Labute approximate surface area is 142 Å². The van der Waals surface area contributed by atoms with Crippen molar-refractivity contribution in [1.29, 1.82) is 5.26 Å². The van der Waals surface area contributed by atoms with E-state index in [1.54, 1.807) is 4.57 Å². The van der Waals surface area contributed by atoms with Crippen LogP contribution in [-0.2, 0) is 6.54 Å². The molecule has 0 atom stereocenters. The molecule has 0 aliphatic rings. The first kappa shape index (κ1) is 15.7. The van der Waals surface area contributed by atoms with Crippen LogP contribution in [0.25, 0.3) is 21.3 Å². The summed E-state index contributed by atoms with van der Waals surface area (Å²) in [5, 5.41) is 11.9. The predicted molar refractivity (Wildman–Crippen MR) is 93.9 cm³/mol. The largest absolute Gasteiger partial charge is 0.296 e. The Morgan fingerprint density at radius 3 is 2.78 bits per heavy atom. The van der Waals surface area contributed by atoms with Crippen molar-refractivity contribution in [2.24, 2.45) is 0 Å². The third kappa shape index (κ3) is 3.00. The van der Waals surface area contributed by atoms with Crippen LogP contribution in [0.2, 0.25) is 5.02 Å². The Hall–Kier alpha value is -2.16. The Bertz CT molecular complexity index is 951. The Balaban J connectivity index is 2.15. The highest BCUT2D eigenvalue weighted by Gasteiger charge is 2.15. The smallest absolute Gasteiger partial charge is 0.262 e. The number of unbranched alkanes of at least 4 members (excludes halogenated alkanes) is 1. The molecule has 3 rings (SSSR count). The highest BCUT2D eigenvalue weighted by molar-refractivity contribution is 7.17. The van der Waals surface area contributed by atoms with E-state index in [0.29, 0.717) is 35.6 Å². The number of rotatable bonds is 4. The SMILES string of the molecule is Cc1nc2scc(-c3ccc(Cl)cc3)c2c(=O)n1CCCC#N. The Morgan fingerprint density at radius 2 is 2.09 bits per heavy atom. The normalized spacial score (nSPS) is 10.8. The Morgan fingerprint density at radius 1 is 1.35 bits per heavy atom. The molecule has 0 fully saturated rings. The van der Waals surface area contributed by atoms with Crippen LogP contribution < -0.4 is 5.56 Å². The van der Waals surface area contributed by atoms with Crippen LogP contribution in [0.5, 0.6) is 0 Å². The highest BCUT2D eigenvalue weighted by Crippen LogP contribution is 2.31. The van der Waals surface area contributed by atoms with Gasteiger partial charge in [-0.2, -0.15) is 5.26 Å². The van der Waals surface area contributed by atoms with Crippen LogP contribution in [0.15, 0.2) is 34.4 Å². The van der Waals surface area contributed by atoms with E-state index in [1.807, 2.05) is 36.6 Å². The fourth-order valence-electron chi connectivity index (χ4n) is 2.55. The number of nitriles is 1. The molecule has 0 bridgehead atoms. The van der Waals surface area contributed by atoms with Crippen molar-refractivity contribution in [2.75, 3.05) is 0 Å². The summed E-state index contributed by atoms with van der Waals surface area (Å²) in [6.45, 7) is 2.34. The summed E-state index contributed by atoms with van der Waals surface area (Å²) in [6.07, 6.45) is 1.07. The van der Waals surface area contributed by atoms with Crippen molar-refractivity contribution < 1.29 is 0 Å². The number of thiophene rings is 1. The Kier molecular flexibility index (Phi) is 4.46. The summed E-state index contributed by atoms with van der Waals surface area (Å²) in [6, 6.07) is 9.54. The molecule has 0 aliphatic heterocycles. The average Bonchev–Trinajstić information content (AvgIpc) is 2.95. The van der Waals surface area contributed by atoms with Gasteiger partial charge in [-0.1, -0.05) is 23.7 Å². The van der Waals surface area contributed by atoms with E-state index in [0.717, 1.165) is 16.0 Å². The number of fused-ring (bicyclic) bond motifs is 1. The van der Waals surface area contributed by atoms with Gasteiger partial charge in [-0.05, 0) is 31.0 Å². The first-order valence-electron chi connectivity index (χ1n) is 7.23. The zero-order valence-corrected chi connectivity index (χ0v) is 14.1. The van der Waals surface area contributed by atoms with Gasteiger partial charge in [0.25, 0.3) is 5.56 Å². The van der Waals surface area contributed by atoms with Crippen molar-refractivity contribution in [2.45, 2.75) is 26.3 Å². The van der Waals surface area contributed by atoms with Gasteiger partial charge >= 0.3 is 0 Å². The van der Waals surface area contributed by atoms with Crippen molar-refractivity contribution in [3.63, 3.8) is 0 Å². The number of hydrogen-bond acceptors (Lipinski definition) is 4. The molecule has 23 heavy (non-hydrogen) atoms. The van der Waals surface area contributed by atoms with Gasteiger partial charge in [0.1, 0.15) is 10.7 Å². The highest BCUT2D eigenvalue weighted by atomic mass is 35.5. The van der Waals surface area contributed by atoms with Gasteiger partial charge in [-0.25, -0.2) is 4.98 Å². The van der Waals surface area contributed by atoms with Gasteiger partial charge in [-0.3, -0.25) is 9.36 Å². The fourth-order valence-corrected chi connectivity index (χ4v) is 3.66. The van der Waals surface area contributed by atoms with Crippen molar-refractivity contribution in [3.05, 3.63) is 50.8 Å². The number of aryl methyl sites for hydroxylation is 1. The van der Waals surface area contributed by atoms with Gasteiger partial charge < -0.3 is 0 Å². The minimum Gasteiger partial charge on any atom is -0.296 e. The summed E-state index contributed by atoms with van der Waals surface area (Å²) in [5.41, 5.74) is 1.79. The van der Waals surface area contributed by atoms with Crippen LogP contribution in [0.1, 0.15) is 18.7 Å². The van der Waals surface area contributed by atoms with Crippen LogP contribution in [0.3, 0.4) is 0 Å². The van der Waals surface area contributed by atoms with Crippen LogP contribution in [0.4, 0.5) is 0 Å². The van der Waals surface area contributed by atoms with E-state index >= 15 is 0 Å². The van der Waals surface area contributed by atoms with Crippen LogP contribution in [-0.4, -0.2) is 9.55 Å². The minimum atomic E-state index is -0.0448. The van der Waals surface area contributed by atoms with E-state index in [9.17, 15) is 4.79 Å². The van der Waals surface area contributed by atoms with E-state index < -0.39 is 0 Å². The second kappa shape index (κ2) is 6.53. The quantitative estimate of drug-likeness (QED) is 0.660. The standard InChI is InChI=1S/C17H14ClN3OS/c1-11-20-16-15(17(22)21(11)9-3-2-8-19)14(10-23-16)12-4-6-13(18)7-5-12/h4-7,10H,2-3,9H2,1H3. The summed E-state index contributed by atoms with van der Waals surface area (Å²) in [4.78, 5) is 18.2. The molecule has 4 nitrogen and oxygen atoms in total. The molecule has 0 N–H and O–H groups in total. The predicted octanol–water partition coefficient (Wildman–Crippen LogP) is 4.39. The third-order valence-corrected chi connectivity index (χ3v) is 4.83. The monoisotopic (exact) mass is 343 g/mol. The van der Waals surface area contributed by atoms with Gasteiger partial charge in [0.05, 0.1) is 11.5 Å². The van der Waals surface area contributed by atoms with Crippen molar-refractivity contribution >= 4 is 33.2 Å². The number of benzene rings is 1. The molecular weight excluding hydrogens is 330 g/mol. The topological polar surface area (TPSA) is 58.7 Å². The lowest BCUT2D eigenvalue weighted by atomic mass is 10.1. The zero-order valence-electron chi connectivity index (χ0n) is 12.5. The number of nitrogens with zero attached hydrogens (tertiary/aromatic N) is 3. The molecule has 0 unspecified atom stereocenters. The average molecular weight is 344 g/mol. The molecule has 2 heterocycles. The molecule has 0 saturated carbocycles. The number of aromatic nitrogens is 2. The molecule has 0 aliphatic carbocycles. The molecule has 0 amide bonds. The maximum Gasteiger partial charge on any atom is 0.262 e. The molecule has 0 saturated heterocycles. The maximum atomic E-state index is 12.9. The summed E-state index contributed by atoms with van der Waals surface area (Å²) < 4.78 is 1.66. The first-order valence-corrected chi connectivity index (χ1v) is 8.49. The lowest BCUT2D eigenvalue weighted by Crippen LogP contribution is -2.23. The molecular formula is C17H14ClN3OS. The summed E-state index contributed by atoms with van der Waals surface area (Å²) in [5.74, 6) is 0.685. The van der Waals surface area contributed by atoms with Gasteiger partial charge in [0.2, 0.25) is 0 Å². The van der Waals surface area contributed by atoms with Gasteiger partial charge in [0, 0.05) is 28.9 Å². The molecule has 3 aromatic rings. The fraction of sp³-hybridized carbons (Fsp3) is 0.235. The van der Waals surface area contributed by atoms with Crippen molar-refractivity contribution in [3.8, 4) is 17.2 Å². The third-order valence-electron chi connectivity index (χ3n) is 3.71. The maximum absolute atomic E-state index is 12.9. The van der Waals surface area contributed by atoms with Crippen molar-refractivity contribution in [1.82, 2.24) is 9.55 Å².